The molecule has 0 spiro atoms. The van der Waals surface area contributed by atoms with Crippen molar-refractivity contribution in [3.05, 3.63) is 17.0 Å². The van der Waals surface area contributed by atoms with Gasteiger partial charge in [0.15, 0.2) is 0 Å². The Hall–Kier alpha value is -0.910. The lowest BCUT2D eigenvalue weighted by Crippen LogP contribution is -2.40. The molecule has 1 aliphatic rings. The largest absolute Gasteiger partial charge is 0.379 e. The van der Waals surface area contributed by atoms with Gasteiger partial charge in [-0.15, -0.1) is 0 Å². The van der Waals surface area contributed by atoms with Crippen molar-refractivity contribution in [1.82, 2.24) is 15.0 Å². The van der Waals surface area contributed by atoms with Crippen LogP contribution in [0.25, 0.3) is 0 Å². The molecular formula is C10H15ClN4O. The Kier molecular flexibility index (Phi) is 3.93. The number of rotatable bonds is 3. The van der Waals surface area contributed by atoms with E-state index in [1.807, 2.05) is 6.92 Å². The molecule has 1 aromatic rings. The fourth-order valence-corrected chi connectivity index (χ4v) is 1.72. The van der Waals surface area contributed by atoms with Gasteiger partial charge in [-0.3, -0.25) is 0 Å². The first-order chi connectivity index (χ1) is 7.78. The predicted molar refractivity (Wildman–Crippen MR) is 62.4 cm³/mol. The van der Waals surface area contributed by atoms with Crippen LogP contribution in [0.1, 0.15) is 12.7 Å². The van der Waals surface area contributed by atoms with E-state index in [9.17, 15) is 0 Å². The molecule has 0 bridgehead atoms. The van der Waals surface area contributed by atoms with Gasteiger partial charge in [0.05, 0.1) is 13.2 Å². The molecule has 0 aromatic carbocycles. The molecule has 0 saturated carbocycles. The lowest BCUT2D eigenvalue weighted by molar-refractivity contribution is 0.0495. The number of halogens is 1. The summed E-state index contributed by atoms with van der Waals surface area (Å²) in [6.45, 7) is 5.19. The third-order valence-corrected chi connectivity index (χ3v) is 2.53. The average Bonchev–Trinajstić information content (AvgIpc) is 2.29. The number of hydrogen-bond donors (Lipinski definition) is 1. The number of anilines is 1. The monoisotopic (exact) mass is 242 g/mol. The zero-order valence-electron chi connectivity index (χ0n) is 9.24. The Bertz CT molecular complexity index is 355. The molecular weight excluding hydrogens is 228 g/mol. The van der Waals surface area contributed by atoms with Gasteiger partial charge in [-0.05, 0) is 0 Å². The number of morpholine rings is 1. The van der Waals surface area contributed by atoms with E-state index in [2.05, 4.69) is 20.4 Å². The second-order valence-corrected chi connectivity index (χ2v) is 3.94. The van der Waals surface area contributed by atoms with Gasteiger partial charge in [0, 0.05) is 25.6 Å². The van der Waals surface area contributed by atoms with Crippen molar-refractivity contribution in [2.45, 2.75) is 13.3 Å². The van der Waals surface area contributed by atoms with Crippen molar-refractivity contribution in [2.75, 3.05) is 31.7 Å². The first kappa shape index (κ1) is 11.6. The Labute approximate surface area is 99.8 Å². The van der Waals surface area contributed by atoms with Crippen molar-refractivity contribution in [1.29, 1.82) is 0 Å². The Morgan fingerprint density at radius 3 is 2.88 bits per heavy atom. The van der Waals surface area contributed by atoms with E-state index in [0.29, 0.717) is 5.15 Å². The molecule has 16 heavy (non-hydrogen) atoms. The number of nitrogens with zero attached hydrogens (tertiary/aromatic N) is 3. The first-order valence-corrected chi connectivity index (χ1v) is 5.78. The molecule has 88 valence electrons. The topological polar surface area (TPSA) is 50.3 Å². The molecule has 1 N–H and O–H groups in total. The summed E-state index contributed by atoms with van der Waals surface area (Å²) < 4.78 is 5.27. The van der Waals surface area contributed by atoms with Gasteiger partial charge < -0.3 is 10.2 Å². The Morgan fingerprint density at radius 1 is 1.44 bits per heavy atom. The minimum atomic E-state index is 0.475. The summed E-state index contributed by atoms with van der Waals surface area (Å²) in [5.41, 5.74) is 3.21. The van der Waals surface area contributed by atoms with Crippen LogP contribution >= 0.6 is 11.6 Å². The molecule has 0 atom stereocenters. The highest BCUT2D eigenvalue weighted by atomic mass is 35.5. The maximum atomic E-state index is 5.91. The van der Waals surface area contributed by atoms with E-state index >= 15 is 0 Å². The molecule has 1 fully saturated rings. The normalized spacial score (nSPS) is 17.4. The van der Waals surface area contributed by atoms with Crippen LogP contribution < -0.4 is 5.43 Å². The summed E-state index contributed by atoms with van der Waals surface area (Å²) in [5, 5.41) is 2.55. The third-order valence-electron chi connectivity index (χ3n) is 2.34. The second-order valence-electron chi connectivity index (χ2n) is 3.56. The fourth-order valence-electron chi connectivity index (χ4n) is 1.52. The number of ether oxygens (including phenoxy) is 1. The van der Waals surface area contributed by atoms with Crippen molar-refractivity contribution in [3.8, 4) is 0 Å². The zero-order valence-corrected chi connectivity index (χ0v) is 10.00. The lowest BCUT2D eigenvalue weighted by Gasteiger charge is -2.27. The van der Waals surface area contributed by atoms with Crippen LogP contribution in [0.3, 0.4) is 0 Å². The summed E-state index contributed by atoms with van der Waals surface area (Å²) in [6, 6.07) is 1.73. The summed E-state index contributed by atoms with van der Waals surface area (Å²) in [7, 11) is 0. The molecule has 0 unspecified atom stereocenters. The van der Waals surface area contributed by atoms with Gasteiger partial charge >= 0.3 is 0 Å². The molecule has 1 aromatic heterocycles. The summed E-state index contributed by atoms with van der Waals surface area (Å²) in [4.78, 5) is 8.47. The van der Waals surface area contributed by atoms with Crippen LogP contribution in [0, 0.1) is 0 Å². The molecule has 5 nitrogen and oxygen atoms in total. The second kappa shape index (κ2) is 5.43. The number of aromatic nitrogens is 2. The zero-order chi connectivity index (χ0) is 11.4. The van der Waals surface area contributed by atoms with Crippen LogP contribution in [0.15, 0.2) is 6.07 Å². The molecule has 0 aliphatic carbocycles. The van der Waals surface area contributed by atoms with Crippen molar-refractivity contribution >= 4 is 17.4 Å². The first-order valence-electron chi connectivity index (χ1n) is 5.40. The van der Waals surface area contributed by atoms with Crippen LogP contribution in [0.4, 0.5) is 5.82 Å². The minimum absolute atomic E-state index is 0.475. The van der Waals surface area contributed by atoms with Crippen LogP contribution in [0.5, 0.6) is 0 Å². The van der Waals surface area contributed by atoms with Crippen LogP contribution in [-0.2, 0) is 11.2 Å². The molecule has 1 aliphatic heterocycles. The van der Waals surface area contributed by atoms with Crippen molar-refractivity contribution < 1.29 is 4.74 Å². The quantitative estimate of drug-likeness (QED) is 0.811. The maximum absolute atomic E-state index is 5.91. The standard InChI is InChI=1S/C10H15ClN4O/c1-2-9-12-8(11)7-10(13-9)14-15-3-5-16-6-4-15/h7H,2-6H2,1H3,(H,12,13,14). The highest BCUT2D eigenvalue weighted by Gasteiger charge is 2.11. The smallest absolute Gasteiger partial charge is 0.145 e. The average molecular weight is 243 g/mol. The summed E-state index contributed by atoms with van der Waals surface area (Å²) in [6.07, 6.45) is 0.776. The SMILES string of the molecule is CCc1nc(Cl)cc(NN2CCOCC2)n1. The molecule has 1 saturated heterocycles. The molecule has 0 radical (unpaired) electrons. The van der Waals surface area contributed by atoms with Crippen LogP contribution in [-0.4, -0.2) is 41.3 Å². The van der Waals surface area contributed by atoms with Crippen LogP contribution in [0.2, 0.25) is 5.15 Å². The maximum Gasteiger partial charge on any atom is 0.145 e. The highest BCUT2D eigenvalue weighted by molar-refractivity contribution is 6.29. The summed E-state index contributed by atoms with van der Waals surface area (Å²) in [5.74, 6) is 1.50. The van der Waals surface area contributed by atoms with Gasteiger partial charge in [-0.25, -0.2) is 15.0 Å². The highest BCUT2D eigenvalue weighted by Crippen LogP contribution is 2.13. The fraction of sp³-hybridized carbons (Fsp3) is 0.600. The van der Waals surface area contributed by atoms with Gasteiger partial charge in [0.25, 0.3) is 0 Å². The lowest BCUT2D eigenvalue weighted by atomic mass is 10.4. The number of hydrazine groups is 1. The van der Waals surface area contributed by atoms with Gasteiger partial charge in [-0.1, -0.05) is 18.5 Å². The van der Waals surface area contributed by atoms with E-state index in [1.165, 1.54) is 0 Å². The molecule has 0 amide bonds. The van der Waals surface area contributed by atoms with E-state index in [4.69, 9.17) is 16.3 Å². The van der Waals surface area contributed by atoms with E-state index in [0.717, 1.165) is 44.4 Å². The number of hydrogen-bond acceptors (Lipinski definition) is 5. The van der Waals surface area contributed by atoms with Gasteiger partial charge in [-0.2, -0.15) is 0 Å². The molecule has 2 rings (SSSR count). The van der Waals surface area contributed by atoms with E-state index < -0.39 is 0 Å². The number of nitrogens with one attached hydrogen (secondary N) is 1. The number of aryl methyl sites for hydroxylation is 1. The Morgan fingerprint density at radius 2 is 2.19 bits per heavy atom. The molecule has 6 heteroatoms. The predicted octanol–water partition coefficient (Wildman–Crippen LogP) is 1.35. The molecule has 2 heterocycles. The van der Waals surface area contributed by atoms with E-state index in [1.54, 1.807) is 6.07 Å². The Balaban J connectivity index is 2.04. The van der Waals surface area contributed by atoms with E-state index in [-0.39, 0.29) is 0 Å². The van der Waals surface area contributed by atoms with Gasteiger partial charge in [0.2, 0.25) is 0 Å². The summed E-state index contributed by atoms with van der Waals surface area (Å²) >= 11 is 5.91. The minimum Gasteiger partial charge on any atom is -0.379 e. The van der Waals surface area contributed by atoms with Gasteiger partial charge in [0.1, 0.15) is 16.8 Å². The third kappa shape index (κ3) is 3.04. The van der Waals surface area contributed by atoms with Crippen molar-refractivity contribution in [2.24, 2.45) is 0 Å². The van der Waals surface area contributed by atoms with Crippen molar-refractivity contribution in [3.63, 3.8) is 0 Å².